The molecule has 4 heterocycles. The second kappa shape index (κ2) is 15.4. The minimum atomic E-state index is -2.58. The number of likely N-dealkylation sites (tertiary alicyclic amines) is 2. The van der Waals surface area contributed by atoms with Crippen molar-refractivity contribution in [2.24, 2.45) is 17.3 Å². The summed E-state index contributed by atoms with van der Waals surface area (Å²) in [6, 6.07) is 15.5. The summed E-state index contributed by atoms with van der Waals surface area (Å²) in [5.41, 5.74) is 0.0251. The fraction of sp³-hybridized carbons (Fsp3) is 0.512. The number of nitrogens with zero attached hydrogens (tertiary/aromatic N) is 4. The molecule has 3 aliphatic heterocycles. The SMILES string of the molecule is C=C[C@@H]1C[C@]1(NC(=O)[C@@H]1C[C@@H](Oc2cc(-c3ccccc3)nc3cc(OC)ccc23)CN1C(=O)[C@@H](CC(=O)N1CC2CC1CO2)C(C)(C)C)C(=O)N(C1CC1)S(=O)O. The second-order valence-electron chi connectivity index (χ2n) is 17.4. The molecular formula is C43H51N5O9S. The number of methoxy groups -OCH3 is 1. The van der Waals surface area contributed by atoms with E-state index < -0.39 is 58.0 Å². The molecule has 8 atom stereocenters. The molecule has 3 unspecified atom stereocenters. The molecule has 2 saturated carbocycles. The van der Waals surface area contributed by atoms with Gasteiger partial charge < -0.3 is 29.3 Å². The summed E-state index contributed by atoms with van der Waals surface area (Å²) in [5.74, 6) is -1.85. The molecule has 5 aliphatic rings. The van der Waals surface area contributed by atoms with Gasteiger partial charge in [-0.25, -0.2) is 13.5 Å². The first-order valence-electron chi connectivity index (χ1n) is 20.0. The van der Waals surface area contributed by atoms with Crippen LogP contribution < -0.4 is 14.8 Å². The van der Waals surface area contributed by atoms with Crippen LogP contribution in [0.15, 0.2) is 67.3 Å². The van der Waals surface area contributed by atoms with Crippen molar-refractivity contribution in [3.05, 3.63) is 67.3 Å². The van der Waals surface area contributed by atoms with Gasteiger partial charge in [-0.05, 0) is 43.2 Å². The van der Waals surface area contributed by atoms with Gasteiger partial charge in [0.05, 0.1) is 49.5 Å². The minimum absolute atomic E-state index is 0.00557. The van der Waals surface area contributed by atoms with E-state index in [9.17, 15) is 27.9 Å². The summed E-state index contributed by atoms with van der Waals surface area (Å²) in [7, 11) is 1.58. The van der Waals surface area contributed by atoms with Crippen LogP contribution in [0.4, 0.5) is 0 Å². The molecule has 15 heteroatoms. The highest BCUT2D eigenvalue weighted by molar-refractivity contribution is 7.77. The van der Waals surface area contributed by atoms with E-state index in [1.54, 1.807) is 13.2 Å². The van der Waals surface area contributed by atoms with Gasteiger partial charge >= 0.3 is 0 Å². The molecule has 3 saturated heterocycles. The number of hydrogen-bond acceptors (Lipinski definition) is 9. The van der Waals surface area contributed by atoms with Crippen molar-refractivity contribution >= 4 is 45.8 Å². The highest BCUT2D eigenvalue weighted by atomic mass is 32.2. The Morgan fingerprint density at radius 3 is 2.47 bits per heavy atom. The number of amides is 4. The molecule has 1 aromatic heterocycles. The third kappa shape index (κ3) is 7.59. The van der Waals surface area contributed by atoms with Crippen LogP contribution in [-0.4, -0.2) is 114 Å². The second-order valence-corrected chi connectivity index (χ2v) is 18.2. The van der Waals surface area contributed by atoms with Gasteiger partial charge in [-0.2, -0.15) is 0 Å². The Bertz CT molecular complexity index is 2160. The standard InChI is InChI=1S/C43H51N5O9S/c1-6-26-21-43(26,41(52)48(58(53)54)27-12-13-27)45-39(50)36-18-31(23-47(36)40(51)33(42(2,3)4)19-38(49)46-22-30-16-28(46)24-56-30)57-37-20-34(25-10-8-7-9-11-25)44-35-17-29(55-5)14-15-32(35)37/h6-11,14-15,17,20,26-28,30-31,33,36H,1,12-13,16,18-19,21-24H2,2-5H3,(H,45,50)(H,53,54)/t26-,28?,30?,31-,33-,36+,43-/m1/s1. The smallest absolute Gasteiger partial charge is 0.264 e. The molecule has 2 bridgehead atoms. The number of carbonyl (C=O) groups is 4. The highest BCUT2D eigenvalue weighted by Crippen LogP contribution is 2.48. The van der Waals surface area contributed by atoms with Crippen LogP contribution in [0.2, 0.25) is 0 Å². The molecule has 0 spiro atoms. The van der Waals surface area contributed by atoms with Crippen LogP contribution in [0.1, 0.15) is 59.3 Å². The van der Waals surface area contributed by atoms with E-state index in [4.69, 9.17) is 19.2 Å². The van der Waals surface area contributed by atoms with Gasteiger partial charge in [-0.15, -0.1) is 6.58 Å². The maximum Gasteiger partial charge on any atom is 0.264 e. The van der Waals surface area contributed by atoms with E-state index in [2.05, 4.69) is 11.9 Å². The third-order valence-electron chi connectivity index (χ3n) is 12.4. The van der Waals surface area contributed by atoms with Gasteiger partial charge in [0.1, 0.15) is 29.2 Å². The van der Waals surface area contributed by atoms with Gasteiger partial charge in [0.2, 0.25) is 17.7 Å². The molecule has 3 aromatic rings. The summed E-state index contributed by atoms with van der Waals surface area (Å²) in [5, 5.41) is 3.65. The third-order valence-corrected chi connectivity index (χ3v) is 13.2. The monoisotopic (exact) mass is 813 g/mol. The topological polar surface area (TPSA) is 168 Å². The number of benzene rings is 2. The number of hydrogen-bond donors (Lipinski definition) is 2. The van der Waals surface area contributed by atoms with E-state index in [0.29, 0.717) is 54.1 Å². The van der Waals surface area contributed by atoms with Crippen molar-refractivity contribution in [1.82, 2.24) is 24.4 Å². The first-order valence-corrected chi connectivity index (χ1v) is 21.1. The van der Waals surface area contributed by atoms with Crippen LogP contribution in [0.3, 0.4) is 0 Å². The zero-order valence-corrected chi connectivity index (χ0v) is 34.1. The molecule has 58 heavy (non-hydrogen) atoms. The average Bonchev–Trinajstić information content (AvgIpc) is 4.00. The Balaban J connectivity index is 1.12. The van der Waals surface area contributed by atoms with Crippen LogP contribution in [0.25, 0.3) is 22.2 Å². The molecule has 0 radical (unpaired) electrons. The molecule has 308 valence electrons. The number of rotatable bonds is 13. The fourth-order valence-corrected chi connectivity index (χ4v) is 9.63. The Morgan fingerprint density at radius 1 is 1.10 bits per heavy atom. The molecule has 8 rings (SSSR count). The molecule has 5 fully saturated rings. The molecule has 4 amide bonds. The van der Waals surface area contributed by atoms with Crippen molar-refractivity contribution in [1.29, 1.82) is 0 Å². The first kappa shape index (κ1) is 39.9. The van der Waals surface area contributed by atoms with E-state index in [1.807, 2.05) is 80.3 Å². The first-order chi connectivity index (χ1) is 27.7. The lowest BCUT2D eigenvalue weighted by Gasteiger charge is -2.36. The average molecular weight is 814 g/mol. The van der Waals surface area contributed by atoms with Crippen LogP contribution in [-0.2, 0) is 35.2 Å². The highest BCUT2D eigenvalue weighted by Gasteiger charge is 2.64. The zero-order chi connectivity index (χ0) is 41.1. The number of pyridine rings is 1. The fourth-order valence-electron chi connectivity index (χ4n) is 8.86. The molecule has 2 N–H and O–H groups in total. The van der Waals surface area contributed by atoms with E-state index in [0.717, 1.165) is 16.3 Å². The molecule has 14 nitrogen and oxygen atoms in total. The largest absolute Gasteiger partial charge is 0.497 e. The van der Waals surface area contributed by atoms with Crippen LogP contribution >= 0.6 is 0 Å². The zero-order valence-electron chi connectivity index (χ0n) is 33.3. The quantitative estimate of drug-likeness (QED) is 0.185. The van der Waals surface area contributed by atoms with Gasteiger partial charge in [0.25, 0.3) is 17.2 Å². The Kier molecular flexibility index (Phi) is 10.6. The Hall–Kier alpha value is -4.86. The normalized spacial score (nSPS) is 27.2. The lowest BCUT2D eigenvalue weighted by Crippen LogP contribution is -2.57. The van der Waals surface area contributed by atoms with Gasteiger partial charge in [-0.3, -0.25) is 23.7 Å². The predicted octanol–water partition coefficient (Wildman–Crippen LogP) is 4.50. The number of ether oxygens (including phenoxy) is 3. The van der Waals surface area contributed by atoms with Crippen LogP contribution in [0.5, 0.6) is 11.5 Å². The van der Waals surface area contributed by atoms with Crippen LogP contribution in [0, 0.1) is 17.3 Å². The molecular weight excluding hydrogens is 763 g/mol. The maximum atomic E-state index is 15.0. The lowest BCUT2D eigenvalue weighted by atomic mass is 9.77. The number of aromatic nitrogens is 1. The Morgan fingerprint density at radius 2 is 1.86 bits per heavy atom. The van der Waals surface area contributed by atoms with Crippen molar-refractivity contribution in [3.8, 4) is 22.8 Å². The summed E-state index contributed by atoms with van der Waals surface area (Å²) < 4.78 is 41.5. The van der Waals surface area contributed by atoms with Gasteiger partial charge in [0.15, 0.2) is 0 Å². The number of fused-ring (bicyclic) bond motifs is 3. The summed E-state index contributed by atoms with van der Waals surface area (Å²) in [4.78, 5) is 65.7. The predicted molar refractivity (Wildman–Crippen MR) is 216 cm³/mol. The van der Waals surface area contributed by atoms with Crippen molar-refractivity contribution < 1.29 is 42.2 Å². The molecule has 2 aromatic carbocycles. The van der Waals surface area contributed by atoms with E-state index in [-0.39, 0.29) is 55.8 Å². The number of carbonyl (C=O) groups excluding carboxylic acids is 4. The van der Waals surface area contributed by atoms with Crippen molar-refractivity contribution in [3.63, 3.8) is 0 Å². The Labute approximate surface area is 340 Å². The van der Waals surface area contributed by atoms with Gasteiger partial charge in [0, 0.05) is 54.4 Å². The summed E-state index contributed by atoms with van der Waals surface area (Å²) in [6.45, 7) is 10.6. The van der Waals surface area contributed by atoms with Crippen molar-refractivity contribution in [2.75, 3.05) is 26.8 Å². The van der Waals surface area contributed by atoms with Gasteiger partial charge in [-0.1, -0.05) is 57.2 Å². The van der Waals surface area contributed by atoms with E-state index in [1.165, 1.54) is 4.90 Å². The summed E-state index contributed by atoms with van der Waals surface area (Å²) in [6.07, 6.45) is 3.10. The maximum absolute atomic E-state index is 15.0. The van der Waals surface area contributed by atoms with E-state index >= 15 is 0 Å². The minimum Gasteiger partial charge on any atom is -0.497 e. The number of morpholine rings is 1. The number of nitrogens with one attached hydrogen (secondary N) is 1. The summed E-state index contributed by atoms with van der Waals surface area (Å²) >= 11 is -2.58. The van der Waals surface area contributed by atoms with Crippen molar-refractivity contribution in [2.45, 2.75) is 95.2 Å². The molecule has 2 aliphatic carbocycles. The lowest BCUT2D eigenvalue weighted by molar-refractivity contribution is -0.149.